The molecule has 0 bridgehead atoms. The minimum Gasteiger partial charge on any atom is -0.490 e. The van der Waals surface area contributed by atoms with E-state index in [1.165, 1.54) is 12.1 Å². The molecule has 1 aliphatic rings. The predicted octanol–water partition coefficient (Wildman–Crippen LogP) is 4.36. The van der Waals surface area contributed by atoms with Gasteiger partial charge >= 0.3 is 5.97 Å². The lowest BCUT2D eigenvalue weighted by Gasteiger charge is -2.12. The molecule has 27 heavy (non-hydrogen) atoms. The summed E-state index contributed by atoms with van der Waals surface area (Å²) < 4.78 is 30.3. The van der Waals surface area contributed by atoms with Gasteiger partial charge in [0.1, 0.15) is 5.82 Å². The lowest BCUT2D eigenvalue weighted by Crippen LogP contribution is -2.07. The Morgan fingerprint density at radius 1 is 1.11 bits per heavy atom. The molecule has 1 heterocycles. The number of hydrogen-bond acceptors (Lipinski definition) is 5. The van der Waals surface area contributed by atoms with Crippen LogP contribution in [0.15, 0.2) is 53.2 Å². The van der Waals surface area contributed by atoms with Crippen molar-refractivity contribution in [2.24, 2.45) is 4.99 Å². The van der Waals surface area contributed by atoms with Crippen LogP contribution in [0.3, 0.4) is 0 Å². The van der Waals surface area contributed by atoms with Crippen molar-refractivity contribution in [2.75, 3.05) is 13.2 Å². The van der Waals surface area contributed by atoms with Gasteiger partial charge in [0.2, 0.25) is 5.90 Å². The zero-order valence-corrected chi connectivity index (χ0v) is 15.2. The van der Waals surface area contributed by atoms with Crippen LogP contribution in [0.2, 0.25) is 0 Å². The number of hydrogen-bond donors (Lipinski definition) is 0. The molecule has 0 radical (unpaired) electrons. The van der Waals surface area contributed by atoms with E-state index in [2.05, 4.69) is 4.99 Å². The van der Waals surface area contributed by atoms with Crippen molar-refractivity contribution in [3.63, 3.8) is 0 Å². The average molecular weight is 369 g/mol. The summed E-state index contributed by atoms with van der Waals surface area (Å²) in [5, 5.41) is 0. The van der Waals surface area contributed by atoms with Gasteiger partial charge < -0.3 is 14.2 Å². The molecule has 0 spiro atoms. The van der Waals surface area contributed by atoms with Gasteiger partial charge in [-0.2, -0.15) is 0 Å². The van der Waals surface area contributed by atoms with Crippen LogP contribution in [0.4, 0.5) is 4.39 Å². The van der Waals surface area contributed by atoms with Crippen molar-refractivity contribution >= 4 is 17.9 Å². The van der Waals surface area contributed by atoms with Crippen molar-refractivity contribution in [3.05, 3.63) is 65.1 Å². The number of halogens is 1. The van der Waals surface area contributed by atoms with Crippen molar-refractivity contribution in [1.29, 1.82) is 0 Å². The second kappa shape index (κ2) is 8.49. The van der Waals surface area contributed by atoms with Crippen molar-refractivity contribution < 1.29 is 23.4 Å². The van der Waals surface area contributed by atoms with Gasteiger partial charge in [0, 0.05) is 0 Å². The SMILES string of the molecule is CCCOc1ccc(/C=C2\N=C(c3ccccc3F)OC2=O)cc1OCC. The first-order valence-corrected chi connectivity index (χ1v) is 8.79. The van der Waals surface area contributed by atoms with E-state index in [0.29, 0.717) is 30.3 Å². The van der Waals surface area contributed by atoms with E-state index in [-0.39, 0.29) is 17.2 Å². The average Bonchev–Trinajstić information content (AvgIpc) is 3.02. The number of carbonyl (C=O) groups excluding carboxylic acids is 1. The van der Waals surface area contributed by atoms with Crippen LogP contribution in [0, 0.1) is 5.82 Å². The number of cyclic esters (lactones) is 1. The Morgan fingerprint density at radius 2 is 1.93 bits per heavy atom. The molecule has 0 aliphatic carbocycles. The van der Waals surface area contributed by atoms with Gasteiger partial charge in [-0.1, -0.05) is 25.1 Å². The maximum atomic E-state index is 13.9. The largest absolute Gasteiger partial charge is 0.490 e. The third-order valence-electron chi connectivity index (χ3n) is 3.76. The topological polar surface area (TPSA) is 57.1 Å². The number of benzene rings is 2. The van der Waals surface area contributed by atoms with E-state index in [9.17, 15) is 9.18 Å². The molecule has 0 amide bonds. The molecule has 2 aromatic rings. The normalized spacial score (nSPS) is 14.9. The van der Waals surface area contributed by atoms with E-state index >= 15 is 0 Å². The Bertz CT molecular complexity index is 905. The molecule has 0 saturated heterocycles. The van der Waals surface area contributed by atoms with Crippen molar-refractivity contribution in [2.45, 2.75) is 20.3 Å². The molecule has 0 saturated carbocycles. The Morgan fingerprint density at radius 3 is 2.67 bits per heavy atom. The lowest BCUT2D eigenvalue weighted by molar-refractivity contribution is -0.129. The fourth-order valence-electron chi connectivity index (χ4n) is 2.53. The monoisotopic (exact) mass is 369 g/mol. The fraction of sp³-hybridized carbons (Fsp3) is 0.238. The molecule has 2 aromatic carbocycles. The predicted molar refractivity (Wildman–Crippen MR) is 100 cm³/mol. The van der Waals surface area contributed by atoms with Gasteiger partial charge in [0.05, 0.1) is 18.8 Å². The van der Waals surface area contributed by atoms with Crippen LogP contribution in [-0.4, -0.2) is 25.1 Å². The Balaban J connectivity index is 1.90. The van der Waals surface area contributed by atoms with E-state index in [0.717, 1.165) is 6.42 Å². The summed E-state index contributed by atoms with van der Waals surface area (Å²) in [6, 6.07) is 11.4. The summed E-state index contributed by atoms with van der Waals surface area (Å²) in [7, 11) is 0. The van der Waals surface area contributed by atoms with Crippen LogP contribution in [-0.2, 0) is 9.53 Å². The third kappa shape index (κ3) is 4.34. The van der Waals surface area contributed by atoms with Crippen LogP contribution in [0.1, 0.15) is 31.4 Å². The summed E-state index contributed by atoms with van der Waals surface area (Å²) in [6.07, 6.45) is 2.46. The zero-order valence-electron chi connectivity index (χ0n) is 15.2. The molecular weight excluding hydrogens is 349 g/mol. The molecule has 0 aromatic heterocycles. The highest BCUT2D eigenvalue weighted by molar-refractivity contribution is 6.12. The van der Waals surface area contributed by atoms with E-state index in [1.807, 2.05) is 13.8 Å². The maximum Gasteiger partial charge on any atom is 0.363 e. The molecule has 0 unspecified atom stereocenters. The van der Waals surface area contributed by atoms with Crippen LogP contribution >= 0.6 is 0 Å². The zero-order chi connectivity index (χ0) is 19.2. The number of nitrogens with zero attached hydrogens (tertiary/aromatic N) is 1. The third-order valence-corrected chi connectivity index (χ3v) is 3.76. The number of carbonyl (C=O) groups is 1. The van der Waals surface area contributed by atoms with Gasteiger partial charge in [-0.3, -0.25) is 0 Å². The number of aliphatic imine (C=N–C) groups is 1. The minimum atomic E-state index is -0.627. The second-order valence-corrected chi connectivity index (χ2v) is 5.80. The number of ether oxygens (including phenoxy) is 3. The Hall–Kier alpha value is -3.15. The van der Waals surface area contributed by atoms with Gasteiger partial charge in [0.25, 0.3) is 0 Å². The highest BCUT2D eigenvalue weighted by atomic mass is 19.1. The molecule has 140 valence electrons. The van der Waals surface area contributed by atoms with Gasteiger partial charge in [-0.05, 0) is 49.2 Å². The molecule has 3 rings (SSSR count). The maximum absolute atomic E-state index is 13.9. The highest BCUT2D eigenvalue weighted by Crippen LogP contribution is 2.30. The lowest BCUT2D eigenvalue weighted by atomic mass is 10.1. The Labute approximate surface area is 157 Å². The summed E-state index contributed by atoms with van der Waals surface area (Å²) in [4.78, 5) is 16.2. The molecular formula is C21H20FNO4. The van der Waals surface area contributed by atoms with Crippen molar-refractivity contribution in [1.82, 2.24) is 0 Å². The molecule has 0 atom stereocenters. The van der Waals surface area contributed by atoms with E-state index in [1.54, 1.807) is 36.4 Å². The molecule has 0 fully saturated rings. The van der Waals surface area contributed by atoms with Crippen LogP contribution in [0.25, 0.3) is 6.08 Å². The first-order valence-electron chi connectivity index (χ1n) is 8.79. The smallest absolute Gasteiger partial charge is 0.363 e. The molecule has 1 aliphatic heterocycles. The first-order chi connectivity index (χ1) is 13.1. The summed E-state index contributed by atoms with van der Waals surface area (Å²) in [5.41, 5.74) is 0.943. The van der Waals surface area contributed by atoms with E-state index < -0.39 is 11.8 Å². The number of rotatable bonds is 7. The van der Waals surface area contributed by atoms with Crippen LogP contribution in [0.5, 0.6) is 11.5 Å². The van der Waals surface area contributed by atoms with E-state index in [4.69, 9.17) is 14.2 Å². The quantitative estimate of drug-likeness (QED) is 0.538. The number of esters is 1. The second-order valence-electron chi connectivity index (χ2n) is 5.80. The van der Waals surface area contributed by atoms with Crippen LogP contribution < -0.4 is 9.47 Å². The Kier molecular flexibility index (Phi) is 5.86. The summed E-state index contributed by atoms with van der Waals surface area (Å²) in [6.45, 7) is 4.98. The molecule has 6 heteroatoms. The van der Waals surface area contributed by atoms with Gasteiger partial charge in [0.15, 0.2) is 17.2 Å². The minimum absolute atomic E-state index is 0.0442. The van der Waals surface area contributed by atoms with Gasteiger partial charge in [-0.25, -0.2) is 14.2 Å². The molecule has 0 N–H and O–H groups in total. The first kappa shape index (κ1) is 18.6. The fourth-order valence-corrected chi connectivity index (χ4v) is 2.53. The molecule has 5 nitrogen and oxygen atoms in total. The summed E-state index contributed by atoms with van der Waals surface area (Å²) >= 11 is 0. The summed E-state index contributed by atoms with van der Waals surface area (Å²) in [5.74, 6) is 0.0616. The highest BCUT2D eigenvalue weighted by Gasteiger charge is 2.26. The van der Waals surface area contributed by atoms with Gasteiger partial charge in [-0.15, -0.1) is 0 Å². The van der Waals surface area contributed by atoms with Crippen molar-refractivity contribution in [3.8, 4) is 11.5 Å². The standard InChI is InChI=1S/C21H20FNO4/c1-3-11-26-18-10-9-14(13-19(18)25-4-2)12-17-21(24)27-20(23-17)15-7-5-6-8-16(15)22/h5-10,12-13H,3-4,11H2,1-2H3/b17-12-.